The van der Waals surface area contributed by atoms with Gasteiger partial charge in [-0.15, -0.1) is 0 Å². The molecule has 1 aliphatic rings. The van der Waals surface area contributed by atoms with E-state index in [9.17, 15) is 0 Å². The van der Waals surface area contributed by atoms with E-state index in [1.165, 1.54) is 19.3 Å². The molecular weight excluding hydrogens is 394 g/mol. The van der Waals surface area contributed by atoms with Crippen molar-refractivity contribution in [2.75, 3.05) is 45.2 Å². The van der Waals surface area contributed by atoms with Gasteiger partial charge in [0.25, 0.3) is 0 Å². The van der Waals surface area contributed by atoms with Gasteiger partial charge in [-0.3, -0.25) is 0 Å². The van der Waals surface area contributed by atoms with Gasteiger partial charge >= 0.3 is 0 Å². The highest BCUT2D eigenvalue weighted by Gasteiger charge is 2.29. The van der Waals surface area contributed by atoms with Gasteiger partial charge in [0, 0.05) is 37.8 Å². The molecule has 2 aromatic rings. The van der Waals surface area contributed by atoms with Crippen molar-refractivity contribution in [1.82, 2.24) is 20.3 Å². The topological polar surface area (TPSA) is 47.8 Å². The molecular formula is C23H35N5OS. The second kappa shape index (κ2) is 10.8. The average Bonchev–Trinajstić information content (AvgIpc) is 3.15. The molecule has 0 aliphatic carbocycles. The van der Waals surface area contributed by atoms with Gasteiger partial charge in [0.15, 0.2) is 5.11 Å². The van der Waals surface area contributed by atoms with Crippen LogP contribution in [0, 0.1) is 0 Å². The van der Waals surface area contributed by atoms with E-state index in [-0.39, 0.29) is 0 Å². The Morgan fingerprint density at radius 1 is 1.23 bits per heavy atom. The summed E-state index contributed by atoms with van der Waals surface area (Å²) in [4.78, 5) is 6.80. The zero-order valence-electron chi connectivity index (χ0n) is 18.7. The summed E-state index contributed by atoms with van der Waals surface area (Å²) in [5.41, 5.74) is 3.11. The van der Waals surface area contributed by atoms with Crippen molar-refractivity contribution in [3.8, 4) is 11.3 Å². The van der Waals surface area contributed by atoms with Crippen molar-refractivity contribution in [2.45, 2.75) is 45.7 Å². The first-order valence-electron chi connectivity index (χ1n) is 11.0. The van der Waals surface area contributed by atoms with E-state index < -0.39 is 0 Å². The van der Waals surface area contributed by atoms with Gasteiger partial charge < -0.3 is 24.5 Å². The molecule has 7 heteroatoms. The van der Waals surface area contributed by atoms with Gasteiger partial charge in [-0.25, -0.2) is 0 Å². The fourth-order valence-corrected chi connectivity index (χ4v) is 4.22. The molecule has 1 atom stereocenters. The third-order valence-corrected chi connectivity index (χ3v) is 6.06. The molecule has 1 N–H and O–H groups in total. The van der Waals surface area contributed by atoms with Gasteiger partial charge in [0.1, 0.15) is 5.69 Å². The van der Waals surface area contributed by atoms with Crippen molar-refractivity contribution in [3.05, 3.63) is 35.9 Å². The molecule has 164 valence electrons. The highest BCUT2D eigenvalue weighted by Crippen LogP contribution is 2.35. The molecule has 0 spiro atoms. The Hall–Kier alpha value is -2.12. The minimum absolute atomic E-state index is 0.449. The first-order valence-corrected chi connectivity index (χ1v) is 11.4. The molecule has 30 heavy (non-hydrogen) atoms. The lowest BCUT2D eigenvalue weighted by molar-refractivity contribution is 0.321. The van der Waals surface area contributed by atoms with Crippen LogP contribution < -0.4 is 10.2 Å². The van der Waals surface area contributed by atoms with Gasteiger partial charge in [0.2, 0.25) is 5.88 Å². The summed E-state index contributed by atoms with van der Waals surface area (Å²) in [6, 6.07) is 10.8. The van der Waals surface area contributed by atoms with Crippen LogP contribution >= 0.6 is 12.2 Å². The van der Waals surface area contributed by atoms with Gasteiger partial charge in [-0.05, 0) is 59.4 Å². The Bertz CT molecular complexity index is 807. The molecule has 2 heterocycles. The fourth-order valence-electron chi connectivity index (χ4n) is 3.92. The normalized spacial score (nSPS) is 16.7. The van der Waals surface area contributed by atoms with E-state index >= 15 is 0 Å². The zero-order chi connectivity index (χ0) is 21.5. The Morgan fingerprint density at radius 2 is 2.00 bits per heavy atom. The van der Waals surface area contributed by atoms with E-state index in [1.807, 2.05) is 18.2 Å². The van der Waals surface area contributed by atoms with Crippen LogP contribution in [-0.2, 0) is 6.54 Å². The Balaban J connectivity index is 1.97. The van der Waals surface area contributed by atoms with Crippen molar-refractivity contribution < 1.29 is 4.52 Å². The fraction of sp³-hybridized carbons (Fsp3) is 0.565. The summed E-state index contributed by atoms with van der Waals surface area (Å²) in [5, 5.41) is 8.63. The molecule has 6 nitrogen and oxygen atoms in total. The molecule has 0 saturated carbocycles. The second-order valence-electron chi connectivity index (χ2n) is 8.28. The number of rotatable bonds is 8. The van der Waals surface area contributed by atoms with Crippen LogP contribution in [0.3, 0.4) is 0 Å². The third-order valence-electron chi connectivity index (χ3n) is 5.66. The number of hydrogen-bond acceptors (Lipinski definition) is 5. The molecule has 0 radical (unpaired) electrons. The van der Waals surface area contributed by atoms with E-state index in [0.717, 1.165) is 54.0 Å². The maximum Gasteiger partial charge on any atom is 0.233 e. The molecule has 0 amide bonds. The van der Waals surface area contributed by atoms with Crippen LogP contribution in [-0.4, -0.2) is 66.4 Å². The summed E-state index contributed by atoms with van der Waals surface area (Å²) in [6.45, 7) is 8.61. The molecule has 0 bridgehead atoms. The largest absolute Gasteiger partial charge is 0.363 e. The van der Waals surface area contributed by atoms with Gasteiger partial charge in [-0.2, -0.15) is 0 Å². The van der Waals surface area contributed by atoms with E-state index in [0.29, 0.717) is 12.6 Å². The lowest BCUT2D eigenvalue weighted by Crippen LogP contribution is -2.43. The van der Waals surface area contributed by atoms with Crippen LogP contribution in [0.25, 0.3) is 11.3 Å². The zero-order valence-corrected chi connectivity index (χ0v) is 19.5. The molecule has 3 rings (SSSR count). The molecule has 1 aromatic heterocycles. The summed E-state index contributed by atoms with van der Waals surface area (Å²) in [6.07, 6.45) is 3.64. The van der Waals surface area contributed by atoms with Crippen molar-refractivity contribution in [2.24, 2.45) is 0 Å². The maximum absolute atomic E-state index is 6.00. The van der Waals surface area contributed by atoms with Crippen LogP contribution in [0.5, 0.6) is 0 Å². The molecule has 1 saturated heterocycles. The number of anilines is 1. The number of thiocarbonyl (C=S) groups is 1. The summed E-state index contributed by atoms with van der Waals surface area (Å²) >= 11 is 5.71. The van der Waals surface area contributed by atoms with Gasteiger partial charge in [-0.1, -0.05) is 35.5 Å². The SMILES string of the molecule is CCNC(=S)N(CCN(C)C)Cc1c(-c2ccccc2)noc1N1CCCC[C@@H]1C. The van der Waals surface area contributed by atoms with Crippen molar-refractivity contribution in [3.63, 3.8) is 0 Å². The Kier molecular flexibility index (Phi) is 8.10. The number of nitrogens with zero attached hydrogens (tertiary/aromatic N) is 4. The molecule has 1 aliphatic heterocycles. The molecule has 1 fully saturated rings. The summed E-state index contributed by atoms with van der Waals surface area (Å²) < 4.78 is 6.00. The lowest BCUT2D eigenvalue weighted by Gasteiger charge is -2.34. The summed E-state index contributed by atoms with van der Waals surface area (Å²) in [7, 11) is 4.17. The smallest absolute Gasteiger partial charge is 0.233 e. The predicted octanol–water partition coefficient (Wildman–Crippen LogP) is 3.98. The van der Waals surface area contributed by atoms with Crippen molar-refractivity contribution in [1.29, 1.82) is 0 Å². The van der Waals surface area contributed by atoms with Gasteiger partial charge in [0.05, 0.1) is 12.1 Å². The number of benzene rings is 1. The highest BCUT2D eigenvalue weighted by atomic mass is 32.1. The predicted molar refractivity (Wildman–Crippen MR) is 128 cm³/mol. The van der Waals surface area contributed by atoms with Crippen molar-refractivity contribution >= 4 is 23.2 Å². The third kappa shape index (κ3) is 5.52. The second-order valence-corrected chi connectivity index (χ2v) is 8.67. The standard InChI is InChI=1S/C23H35N5OS/c1-5-24-23(30)27(16-15-26(3)4)17-20-21(19-12-7-6-8-13-19)25-29-22(20)28-14-10-9-11-18(28)2/h6-8,12-13,18H,5,9-11,14-17H2,1-4H3,(H,24,30)/t18-/m0/s1. The number of hydrogen-bond donors (Lipinski definition) is 1. The number of likely N-dealkylation sites (N-methyl/N-ethyl adjacent to an activating group) is 1. The first-order chi connectivity index (χ1) is 14.5. The number of nitrogens with one attached hydrogen (secondary N) is 1. The number of aromatic nitrogens is 1. The van der Waals surface area contributed by atoms with E-state index in [4.69, 9.17) is 16.7 Å². The van der Waals surface area contributed by atoms with E-state index in [1.54, 1.807) is 0 Å². The first kappa shape index (κ1) is 22.6. The molecule has 0 unspecified atom stereocenters. The maximum atomic E-state index is 6.00. The summed E-state index contributed by atoms with van der Waals surface area (Å²) in [5.74, 6) is 0.898. The quantitative estimate of drug-likeness (QED) is 0.637. The van der Waals surface area contributed by atoms with Crippen LogP contribution in [0.15, 0.2) is 34.9 Å². The van der Waals surface area contributed by atoms with Crippen LogP contribution in [0.1, 0.15) is 38.7 Å². The Labute approximate surface area is 186 Å². The monoisotopic (exact) mass is 429 g/mol. The van der Waals surface area contributed by atoms with Crippen LogP contribution in [0.4, 0.5) is 5.88 Å². The lowest BCUT2D eigenvalue weighted by atomic mass is 10.0. The number of piperidine rings is 1. The van der Waals surface area contributed by atoms with E-state index in [2.05, 4.69) is 65.2 Å². The van der Waals surface area contributed by atoms with Crippen LogP contribution in [0.2, 0.25) is 0 Å². The average molecular weight is 430 g/mol. The highest BCUT2D eigenvalue weighted by molar-refractivity contribution is 7.80. The molecule has 1 aromatic carbocycles. The minimum Gasteiger partial charge on any atom is -0.363 e. The Morgan fingerprint density at radius 3 is 2.67 bits per heavy atom. The minimum atomic E-state index is 0.449.